The summed E-state index contributed by atoms with van der Waals surface area (Å²) in [7, 11) is 0. The van der Waals surface area contributed by atoms with Crippen molar-refractivity contribution in [3.63, 3.8) is 0 Å². The monoisotopic (exact) mass is 194 g/mol. The molecule has 0 saturated heterocycles. The van der Waals surface area contributed by atoms with Gasteiger partial charge in [-0.15, -0.1) is 24.0 Å². The largest absolute Gasteiger partial charge is 0.345 e. The molecule has 0 unspecified atom stereocenters. The topological polar surface area (TPSA) is 28.7 Å². The molecule has 1 aromatic heterocycles. The molecule has 0 saturated carbocycles. The Labute approximate surface area is 77.8 Å². The van der Waals surface area contributed by atoms with E-state index in [4.69, 9.17) is 11.6 Å². The molecule has 2 nitrogen and oxygen atoms in total. The number of aromatic nitrogens is 2. The zero-order valence-corrected chi connectivity index (χ0v) is 8.00. The highest BCUT2D eigenvalue weighted by Gasteiger charge is 1.96. The van der Waals surface area contributed by atoms with E-state index in [9.17, 15) is 0 Å². The van der Waals surface area contributed by atoms with E-state index in [-0.39, 0.29) is 12.4 Å². The van der Waals surface area contributed by atoms with E-state index in [1.54, 1.807) is 6.20 Å². The molecular weight excluding hydrogens is 183 g/mol. The van der Waals surface area contributed by atoms with Crippen molar-refractivity contribution in [1.29, 1.82) is 0 Å². The van der Waals surface area contributed by atoms with Gasteiger partial charge in [0.2, 0.25) is 0 Å². The van der Waals surface area contributed by atoms with E-state index in [0.29, 0.717) is 5.88 Å². The average Bonchev–Trinajstić information content (AvgIpc) is 2.37. The minimum atomic E-state index is 0. The van der Waals surface area contributed by atoms with Crippen molar-refractivity contribution in [2.75, 3.05) is 0 Å². The number of halogens is 2. The van der Waals surface area contributed by atoms with Gasteiger partial charge in [-0.2, -0.15) is 0 Å². The lowest BCUT2D eigenvalue weighted by molar-refractivity contribution is 0.853. The van der Waals surface area contributed by atoms with Gasteiger partial charge < -0.3 is 4.98 Å². The fourth-order valence-corrected chi connectivity index (χ4v) is 0.973. The maximum atomic E-state index is 5.57. The summed E-state index contributed by atoms with van der Waals surface area (Å²) in [5.41, 5.74) is 1.00. The van der Waals surface area contributed by atoms with Crippen LogP contribution in [-0.4, -0.2) is 9.97 Å². The molecule has 1 N–H and O–H groups in total. The number of rotatable bonds is 3. The predicted molar refractivity (Wildman–Crippen MR) is 49.4 cm³/mol. The minimum absolute atomic E-state index is 0. The van der Waals surface area contributed by atoms with E-state index in [2.05, 4.69) is 16.9 Å². The summed E-state index contributed by atoms with van der Waals surface area (Å²) >= 11 is 5.57. The molecule has 0 spiro atoms. The number of aryl methyl sites for hydroxylation is 1. The van der Waals surface area contributed by atoms with Crippen LogP contribution >= 0.6 is 24.0 Å². The first kappa shape index (κ1) is 10.8. The molecule has 0 amide bonds. The van der Waals surface area contributed by atoms with Crippen LogP contribution in [0.3, 0.4) is 0 Å². The van der Waals surface area contributed by atoms with Crippen LogP contribution in [0.15, 0.2) is 6.20 Å². The number of hydrogen-bond acceptors (Lipinski definition) is 1. The first-order chi connectivity index (χ1) is 4.86. The third-order valence-corrected chi connectivity index (χ3v) is 1.60. The molecule has 64 valence electrons. The third kappa shape index (κ3) is 3.12. The second-order valence-corrected chi connectivity index (χ2v) is 2.51. The Kier molecular flexibility index (Phi) is 5.34. The zero-order chi connectivity index (χ0) is 7.40. The van der Waals surface area contributed by atoms with Gasteiger partial charge in [-0.05, 0) is 6.42 Å². The summed E-state index contributed by atoms with van der Waals surface area (Å²) < 4.78 is 0. The lowest BCUT2D eigenvalue weighted by atomic mass is 10.3. The first-order valence-corrected chi connectivity index (χ1v) is 3.99. The second-order valence-electron chi connectivity index (χ2n) is 2.24. The van der Waals surface area contributed by atoms with Gasteiger partial charge in [0, 0.05) is 18.3 Å². The number of imidazole rings is 1. The van der Waals surface area contributed by atoms with Gasteiger partial charge in [0.1, 0.15) is 5.82 Å². The summed E-state index contributed by atoms with van der Waals surface area (Å²) in [4.78, 5) is 7.26. The summed E-state index contributed by atoms with van der Waals surface area (Å²) in [5, 5.41) is 0. The van der Waals surface area contributed by atoms with Gasteiger partial charge in [0.05, 0.1) is 5.88 Å². The van der Waals surface area contributed by atoms with Crippen molar-refractivity contribution in [3.8, 4) is 0 Å². The molecule has 0 radical (unpaired) electrons. The Balaban J connectivity index is 0.000001000. The highest BCUT2D eigenvalue weighted by Crippen LogP contribution is 2.01. The normalized spacial score (nSPS) is 9.27. The summed E-state index contributed by atoms with van der Waals surface area (Å²) in [6, 6.07) is 0. The van der Waals surface area contributed by atoms with Crippen molar-refractivity contribution in [3.05, 3.63) is 17.7 Å². The van der Waals surface area contributed by atoms with Crippen molar-refractivity contribution in [2.24, 2.45) is 0 Å². The second kappa shape index (κ2) is 5.44. The average molecular weight is 195 g/mol. The Morgan fingerprint density at radius 2 is 2.36 bits per heavy atom. The Morgan fingerprint density at radius 1 is 1.64 bits per heavy atom. The van der Waals surface area contributed by atoms with E-state index >= 15 is 0 Å². The van der Waals surface area contributed by atoms with Crippen LogP contribution in [0.1, 0.15) is 24.9 Å². The number of H-pyrrole nitrogens is 1. The summed E-state index contributed by atoms with van der Waals surface area (Å²) in [6.07, 6.45) is 3.92. The molecule has 1 aromatic rings. The van der Waals surface area contributed by atoms with Crippen LogP contribution in [0.5, 0.6) is 0 Å². The smallest absolute Gasteiger partial charge is 0.106 e. The molecule has 0 aliphatic heterocycles. The number of nitrogens with one attached hydrogen (secondary N) is 1. The van der Waals surface area contributed by atoms with E-state index < -0.39 is 0 Å². The van der Waals surface area contributed by atoms with Crippen molar-refractivity contribution < 1.29 is 0 Å². The molecule has 11 heavy (non-hydrogen) atoms. The van der Waals surface area contributed by atoms with Gasteiger partial charge in [-0.3, -0.25) is 0 Å². The van der Waals surface area contributed by atoms with Crippen LogP contribution in [0.2, 0.25) is 0 Å². The van der Waals surface area contributed by atoms with Crippen LogP contribution in [0.25, 0.3) is 0 Å². The van der Waals surface area contributed by atoms with Gasteiger partial charge in [0.15, 0.2) is 0 Å². The Bertz CT molecular complexity index is 198. The van der Waals surface area contributed by atoms with Crippen molar-refractivity contribution in [1.82, 2.24) is 9.97 Å². The van der Waals surface area contributed by atoms with Gasteiger partial charge in [-0.1, -0.05) is 6.92 Å². The maximum Gasteiger partial charge on any atom is 0.106 e. The number of nitrogens with zero attached hydrogens (tertiary/aromatic N) is 1. The van der Waals surface area contributed by atoms with E-state index in [1.165, 1.54) is 0 Å². The number of hydrogen-bond donors (Lipinski definition) is 1. The number of alkyl halides is 1. The molecular formula is C7H12Cl2N2. The quantitative estimate of drug-likeness (QED) is 0.737. The van der Waals surface area contributed by atoms with Gasteiger partial charge >= 0.3 is 0 Å². The molecule has 0 aromatic carbocycles. The molecule has 1 heterocycles. The fraction of sp³-hybridized carbons (Fsp3) is 0.571. The maximum absolute atomic E-state index is 5.57. The van der Waals surface area contributed by atoms with Crippen LogP contribution in [-0.2, 0) is 12.3 Å². The third-order valence-electron chi connectivity index (χ3n) is 1.31. The minimum Gasteiger partial charge on any atom is -0.345 e. The molecule has 0 fully saturated rings. The molecule has 4 heteroatoms. The van der Waals surface area contributed by atoms with E-state index in [1.807, 2.05) is 0 Å². The number of aromatic amines is 1. The van der Waals surface area contributed by atoms with Gasteiger partial charge in [0.25, 0.3) is 0 Å². The summed E-state index contributed by atoms with van der Waals surface area (Å²) in [5.74, 6) is 1.56. The summed E-state index contributed by atoms with van der Waals surface area (Å²) in [6.45, 7) is 2.13. The lowest BCUT2D eigenvalue weighted by Gasteiger charge is -1.88. The van der Waals surface area contributed by atoms with Crippen LogP contribution in [0, 0.1) is 0 Å². The van der Waals surface area contributed by atoms with Gasteiger partial charge in [-0.25, -0.2) is 4.98 Å². The SMILES string of the molecule is CCCc1ncc(CCl)[nH]1.Cl. The van der Waals surface area contributed by atoms with Crippen molar-refractivity contribution in [2.45, 2.75) is 25.6 Å². The first-order valence-electron chi connectivity index (χ1n) is 3.45. The van der Waals surface area contributed by atoms with Crippen molar-refractivity contribution >= 4 is 24.0 Å². The van der Waals surface area contributed by atoms with Crippen LogP contribution in [0.4, 0.5) is 0 Å². The molecule has 1 rings (SSSR count). The predicted octanol–water partition coefficient (Wildman–Crippen LogP) is 2.52. The highest BCUT2D eigenvalue weighted by molar-refractivity contribution is 6.16. The fourth-order valence-electron chi connectivity index (χ4n) is 0.837. The Hall–Kier alpha value is -0.210. The molecule has 0 bridgehead atoms. The molecule has 0 aliphatic carbocycles. The zero-order valence-electron chi connectivity index (χ0n) is 6.43. The Morgan fingerprint density at radius 3 is 2.82 bits per heavy atom. The highest BCUT2D eigenvalue weighted by atomic mass is 35.5. The van der Waals surface area contributed by atoms with E-state index in [0.717, 1.165) is 24.4 Å². The standard InChI is InChI=1S/C7H11ClN2.ClH/c1-2-3-7-9-5-6(4-8)10-7;/h5H,2-4H2,1H3,(H,9,10);1H. The van der Waals surface area contributed by atoms with Crippen LogP contribution < -0.4 is 0 Å². The lowest BCUT2D eigenvalue weighted by Crippen LogP contribution is -1.85. The molecule has 0 aliphatic rings. The molecule has 0 atom stereocenters.